The van der Waals surface area contributed by atoms with E-state index < -0.39 is 0 Å². The smallest absolute Gasteiger partial charge is 0.0575 e. The first-order valence-corrected chi connectivity index (χ1v) is 48.8. The molecule has 0 fully saturated rings. The van der Waals surface area contributed by atoms with Gasteiger partial charge in [0, 0.05) is 66.5 Å². The highest BCUT2D eigenvalue weighted by molar-refractivity contribution is 6.30. The number of rotatable bonds is 21. The fraction of sp³-hybridized carbons (Fsp3) is 0.0588. The van der Waals surface area contributed by atoms with Crippen LogP contribution in [0.4, 0.5) is 68.2 Å². The van der Waals surface area contributed by atoms with Gasteiger partial charge in [-0.3, -0.25) is 0 Å². The maximum atomic E-state index is 2.59. The van der Waals surface area contributed by atoms with Crippen molar-refractivity contribution in [3.8, 4) is 100 Å². The standard InChI is InChI=1S/C136H102N4/c1-87-35-31-55-109(83-87)137(133-91(5)111(95-39-15-9-16-40-95)71-75-115(133)97-43-19-11-20-44-97)125-79-63-101-60-68-120-126(80-64-102-59-67-119(125)129(101)130(102)120)138(110-56-32-36-88(2)84-110)134-93(7)113(73-77-116(134)98-45-21-12-22-46-98)107-53-33-51-105(85-107)106-52-34-54-108(86-106)114-74-78-118(100-49-25-14-26-50-100)136(94(114)8)140(124-58-30-28-38-90(124)4)128-82-66-104-61-69-121-127(81-65-103-62-70-122(128)132(104)131(103)121)139(123-57-29-27-37-89(123)3)135-92(6)112(96-41-17-10-18-42-96)72-76-117(135)99-47-23-13-24-48-99/h9-86H,1-8H3. The van der Waals surface area contributed by atoms with Gasteiger partial charge in [-0.05, 0) is 294 Å². The van der Waals surface area contributed by atoms with E-state index in [1.165, 1.54) is 120 Å². The van der Waals surface area contributed by atoms with Crippen LogP contribution in [0.1, 0.15) is 44.5 Å². The Morgan fingerprint density at radius 2 is 0.364 bits per heavy atom. The van der Waals surface area contributed by atoms with Gasteiger partial charge in [0.2, 0.25) is 0 Å². The molecule has 0 bridgehead atoms. The average Bonchev–Trinajstić information content (AvgIpc) is 0.714. The fourth-order valence-electron chi connectivity index (χ4n) is 22.6. The molecule has 0 atom stereocenters. The van der Waals surface area contributed by atoms with Crippen molar-refractivity contribution in [3.05, 3.63) is 518 Å². The van der Waals surface area contributed by atoms with Crippen molar-refractivity contribution >= 4 is 133 Å². The van der Waals surface area contributed by atoms with Crippen LogP contribution in [-0.2, 0) is 0 Å². The van der Waals surface area contributed by atoms with Crippen LogP contribution in [0, 0.1) is 55.4 Å². The number of hydrogen-bond acceptors (Lipinski definition) is 4. The summed E-state index contributed by atoms with van der Waals surface area (Å²) in [5, 5.41) is 14.3. The van der Waals surface area contributed by atoms with Crippen molar-refractivity contribution < 1.29 is 0 Å². The Bertz CT molecular complexity index is 8890. The van der Waals surface area contributed by atoms with Crippen LogP contribution < -0.4 is 19.6 Å². The highest BCUT2D eigenvalue weighted by Crippen LogP contribution is 2.58. The maximum absolute atomic E-state index is 2.59. The quantitative estimate of drug-likeness (QED) is 0.0665. The maximum Gasteiger partial charge on any atom is 0.0575 e. The van der Waals surface area contributed by atoms with Gasteiger partial charge in [-0.1, -0.05) is 400 Å². The first-order valence-electron chi connectivity index (χ1n) is 48.8. The Morgan fingerprint density at radius 3 is 0.650 bits per heavy atom. The molecule has 140 heavy (non-hydrogen) atoms. The van der Waals surface area contributed by atoms with E-state index in [2.05, 4.69) is 548 Å². The van der Waals surface area contributed by atoms with E-state index in [0.29, 0.717) is 0 Å². The second-order valence-electron chi connectivity index (χ2n) is 37.7. The van der Waals surface area contributed by atoms with Crippen LogP contribution in [0.3, 0.4) is 0 Å². The normalized spacial score (nSPS) is 11.6. The highest BCUT2D eigenvalue weighted by Gasteiger charge is 2.33. The Morgan fingerprint density at radius 1 is 0.143 bits per heavy atom. The van der Waals surface area contributed by atoms with Crippen molar-refractivity contribution in [1.29, 1.82) is 0 Å². The van der Waals surface area contributed by atoms with E-state index in [0.717, 1.165) is 157 Å². The van der Waals surface area contributed by atoms with E-state index in [1.807, 2.05) is 0 Å². The zero-order chi connectivity index (χ0) is 94.3. The molecule has 4 heteroatoms. The van der Waals surface area contributed by atoms with Crippen LogP contribution in [0.2, 0.25) is 0 Å². The molecule has 0 N–H and O–H groups in total. The van der Waals surface area contributed by atoms with Crippen LogP contribution >= 0.6 is 0 Å². The van der Waals surface area contributed by atoms with Gasteiger partial charge in [0.25, 0.3) is 0 Å². The van der Waals surface area contributed by atoms with Gasteiger partial charge >= 0.3 is 0 Å². The minimum atomic E-state index is 1.08. The summed E-state index contributed by atoms with van der Waals surface area (Å²) in [4.78, 5) is 10.3. The molecule has 0 aliphatic carbocycles. The number of hydrogen-bond donors (Lipinski definition) is 0. The summed E-state index contributed by atoms with van der Waals surface area (Å²) < 4.78 is 0. The molecule has 0 aliphatic heterocycles. The number of nitrogens with zero attached hydrogens (tertiary/aromatic N) is 4. The van der Waals surface area contributed by atoms with Crippen molar-refractivity contribution in [2.24, 2.45) is 0 Å². The fourth-order valence-corrected chi connectivity index (χ4v) is 22.6. The molecule has 0 amide bonds. The molecule has 0 aromatic heterocycles. The summed E-state index contributed by atoms with van der Waals surface area (Å²) in [6, 6.07) is 177. The lowest BCUT2D eigenvalue weighted by atomic mass is 9.88. The van der Waals surface area contributed by atoms with Crippen molar-refractivity contribution in [3.63, 3.8) is 0 Å². The zero-order valence-electron chi connectivity index (χ0n) is 79.8. The first kappa shape index (κ1) is 85.5. The number of aryl methyl sites for hydroxylation is 4. The Hall–Kier alpha value is -17.4. The van der Waals surface area contributed by atoms with Gasteiger partial charge in [0.1, 0.15) is 0 Å². The second-order valence-corrected chi connectivity index (χ2v) is 37.7. The Labute approximate surface area is 819 Å². The van der Waals surface area contributed by atoms with E-state index in [-0.39, 0.29) is 0 Å². The lowest BCUT2D eigenvalue weighted by Gasteiger charge is -2.34. The van der Waals surface area contributed by atoms with Gasteiger partial charge in [0.05, 0.1) is 45.5 Å². The van der Waals surface area contributed by atoms with E-state index in [1.54, 1.807) is 0 Å². The molecule has 0 radical (unpaired) electrons. The first-order chi connectivity index (χ1) is 68.8. The molecule has 0 spiro atoms. The number of anilines is 12. The number of benzene rings is 24. The predicted molar refractivity (Wildman–Crippen MR) is 599 cm³/mol. The van der Waals surface area contributed by atoms with Crippen molar-refractivity contribution in [2.75, 3.05) is 19.6 Å². The molecule has 0 saturated heterocycles. The van der Waals surface area contributed by atoms with Gasteiger partial charge in [-0.25, -0.2) is 0 Å². The molecule has 24 aromatic carbocycles. The molecule has 0 unspecified atom stereocenters. The van der Waals surface area contributed by atoms with Crippen molar-refractivity contribution in [2.45, 2.75) is 55.4 Å². The van der Waals surface area contributed by atoms with Crippen LogP contribution in [-0.4, -0.2) is 0 Å². The third kappa shape index (κ3) is 14.9. The second kappa shape index (κ2) is 35.7. The van der Waals surface area contributed by atoms with Gasteiger partial charge in [-0.15, -0.1) is 0 Å². The third-order valence-corrected chi connectivity index (χ3v) is 29.2. The van der Waals surface area contributed by atoms with Crippen LogP contribution in [0.25, 0.3) is 165 Å². The van der Waals surface area contributed by atoms with Crippen molar-refractivity contribution in [1.82, 2.24) is 0 Å². The minimum Gasteiger partial charge on any atom is -0.309 e. The molecule has 0 aliphatic rings. The van der Waals surface area contributed by atoms with Gasteiger partial charge in [-0.2, -0.15) is 0 Å². The molecule has 0 heterocycles. The SMILES string of the molecule is Cc1cccc(N(c2c(-c3ccccc3)ccc(-c3ccccc3)c2C)c2ccc3ccc4c(N(c5cccc(C)c5)c5c(-c6ccccc6)ccc(-c6cccc(-c7cccc(-c8ccc(-c9ccccc9)c(N(c9ccccc9C)c9ccc%10ccc%11c(N(c%12ccccc%12C)c%12c(-c%13ccccc%13)ccc(-c%13ccccc%13)c%12C)ccc%12ccc9c%10c%12%11)c8C)c7)c6)c5C)ccc5ccc2c3c54)c1. The molecular formula is C136H102N4. The summed E-state index contributed by atoms with van der Waals surface area (Å²) in [5.41, 5.74) is 43.6. The van der Waals surface area contributed by atoms with E-state index >= 15 is 0 Å². The molecule has 24 aromatic rings. The Kier molecular flexibility index (Phi) is 21.8. The van der Waals surface area contributed by atoms with Gasteiger partial charge in [0.15, 0.2) is 0 Å². The van der Waals surface area contributed by atoms with Gasteiger partial charge < -0.3 is 19.6 Å². The summed E-state index contributed by atoms with van der Waals surface area (Å²) >= 11 is 0. The van der Waals surface area contributed by atoms with Crippen LogP contribution in [0.5, 0.6) is 0 Å². The molecule has 666 valence electrons. The monoisotopic (exact) mass is 1790 g/mol. The minimum absolute atomic E-state index is 1.08. The molecule has 0 saturated carbocycles. The summed E-state index contributed by atoms with van der Waals surface area (Å²) in [6.45, 7) is 18.3. The topological polar surface area (TPSA) is 13.0 Å². The Balaban J connectivity index is 0.647. The molecular weight excluding hydrogens is 1690 g/mol. The number of para-hydroxylation sites is 2. The largest absolute Gasteiger partial charge is 0.309 e. The highest BCUT2D eigenvalue weighted by atomic mass is 15.2. The summed E-state index contributed by atoms with van der Waals surface area (Å²) in [7, 11) is 0. The van der Waals surface area contributed by atoms with E-state index in [4.69, 9.17) is 0 Å². The van der Waals surface area contributed by atoms with E-state index in [9.17, 15) is 0 Å². The zero-order valence-corrected chi connectivity index (χ0v) is 79.8. The van der Waals surface area contributed by atoms with Crippen LogP contribution in [0.15, 0.2) is 473 Å². The molecule has 4 nitrogen and oxygen atoms in total. The predicted octanol–water partition coefficient (Wildman–Crippen LogP) is 38.8. The summed E-state index contributed by atoms with van der Waals surface area (Å²) in [6.07, 6.45) is 0. The lowest BCUT2D eigenvalue weighted by molar-refractivity contribution is 1.24. The molecule has 24 rings (SSSR count). The third-order valence-electron chi connectivity index (χ3n) is 29.2. The summed E-state index contributed by atoms with van der Waals surface area (Å²) in [5.74, 6) is 0. The average molecular weight is 1790 g/mol. The lowest BCUT2D eigenvalue weighted by Crippen LogP contribution is -2.15.